The molecule has 1 aliphatic heterocycles. The smallest absolute Gasteiger partial charge is 0.261 e. The molecule has 2 aromatic heterocycles. The number of nitrogens with one attached hydrogen (secondary N) is 2. The predicted molar refractivity (Wildman–Crippen MR) is 106 cm³/mol. The van der Waals surface area contributed by atoms with Crippen LogP contribution in [-0.4, -0.2) is 34.3 Å². The first kappa shape index (κ1) is 17.2. The van der Waals surface area contributed by atoms with Crippen LogP contribution in [0.2, 0.25) is 0 Å². The van der Waals surface area contributed by atoms with E-state index in [1.165, 1.54) is 16.9 Å². The number of amides is 1. The van der Waals surface area contributed by atoms with Gasteiger partial charge in [0.2, 0.25) is 0 Å². The van der Waals surface area contributed by atoms with Crippen molar-refractivity contribution >= 4 is 27.5 Å². The molecular weight excluding hydrogens is 344 g/mol. The lowest BCUT2D eigenvalue weighted by Gasteiger charge is -2.28. The Balaban J connectivity index is 1.55. The van der Waals surface area contributed by atoms with Gasteiger partial charge in [-0.3, -0.25) is 9.48 Å². The van der Waals surface area contributed by atoms with Gasteiger partial charge in [-0.25, -0.2) is 0 Å². The maximum Gasteiger partial charge on any atom is 0.261 e. The Kier molecular flexibility index (Phi) is 4.78. The number of hydrogen-bond acceptors (Lipinski definition) is 4. The Hall–Kier alpha value is -2.18. The van der Waals surface area contributed by atoms with Crippen molar-refractivity contribution in [2.75, 3.05) is 6.54 Å². The van der Waals surface area contributed by atoms with E-state index in [-0.39, 0.29) is 11.9 Å². The first-order chi connectivity index (χ1) is 12.6. The number of rotatable bonds is 4. The number of thiophene rings is 1. The van der Waals surface area contributed by atoms with Crippen molar-refractivity contribution in [2.45, 2.75) is 45.3 Å². The third-order valence-electron chi connectivity index (χ3n) is 4.97. The molecular formula is C20H24N4OS. The molecule has 2 unspecified atom stereocenters. The van der Waals surface area contributed by atoms with Gasteiger partial charge in [0.15, 0.2) is 0 Å². The van der Waals surface area contributed by atoms with Crippen molar-refractivity contribution in [3.05, 3.63) is 52.5 Å². The number of nitrogens with zero attached hydrogens (tertiary/aromatic N) is 2. The monoisotopic (exact) mass is 368 g/mol. The molecule has 1 fully saturated rings. The largest absolute Gasteiger partial charge is 0.349 e. The molecule has 0 bridgehead atoms. The number of piperidine rings is 1. The number of fused-ring (bicyclic) bond motifs is 1. The van der Waals surface area contributed by atoms with E-state index >= 15 is 0 Å². The minimum atomic E-state index is 0.0379. The van der Waals surface area contributed by atoms with E-state index in [9.17, 15) is 4.79 Å². The lowest BCUT2D eigenvalue weighted by atomic mass is 10.0. The molecule has 5 nitrogen and oxygen atoms in total. The van der Waals surface area contributed by atoms with Crippen LogP contribution in [-0.2, 0) is 6.54 Å². The second-order valence-electron chi connectivity index (χ2n) is 7.11. The van der Waals surface area contributed by atoms with Crippen molar-refractivity contribution < 1.29 is 4.79 Å². The molecule has 2 atom stereocenters. The summed E-state index contributed by atoms with van der Waals surface area (Å²) < 4.78 is 2.01. The summed E-state index contributed by atoms with van der Waals surface area (Å²) in [4.78, 5) is 14.6. The van der Waals surface area contributed by atoms with Gasteiger partial charge >= 0.3 is 0 Å². The van der Waals surface area contributed by atoms with Gasteiger partial charge in [-0.05, 0) is 44.9 Å². The van der Waals surface area contributed by atoms with Crippen molar-refractivity contribution in [3.8, 4) is 0 Å². The van der Waals surface area contributed by atoms with E-state index in [0.717, 1.165) is 46.7 Å². The number of aryl methyl sites for hydroxylation is 1. The third kappa shape index (κ3) is 3.52. The second-order valence-corrected chi connectivity index (χ2v) is 8.14. The van der Waals surface area contributed by atoms with E-state index < -0.39 is 0 Å². The highest BCUT2D eigenvalue weighted by molar-refractivity contribution is 7.20. The molecule has 136 valence electrons. The number of hydrogen-bond donors (Lipinski definition) is 2. The third-order valence-corrected chi connectivity index (χ3v) is 6.11. The van der Waals surface area contributed by atoms with Crippen molar-refractivity contribution in [1.82, 2.24) is 20.4 Å². The quantitative estimate of drug-likeness (QED) is 0.743. The van der Waals surface area contributed by atoms with Crippen LogP contribution < -0.4 is 10.6 Å². The molecule has 3 aromatic rings. The summed E-state index contributed by atoms with van der Waals surface area (Å²) in [7, 11) is 0. The standard InChI is InChI=1S/C20H24N4OS/c1-13-10-16(8-9-21-13)22-19(25)18-11-17-14(2)23-24(20(17)26-18)12-15-6-4-3-5-7-15/h3-7,11,13,16,21H,8-10,12H2,1-2H3,(H,22,25). The summed E-state index contributed by atoms with van der Waals surface area (Å²) in [6, 6.07) is 13.0. The van der Waals surface area contributed by atoms with E-state index in [2.05, 4.69) is 34.8 Å². The van der Waals surface area contributed by atoms with Gasteiger partial charge in [0.05, 0.1) is 17.1 Å². The Morgan fingerprint density at radius 1 is 1.38 bits per heavy atom. The molecule has 1 saturated heterocycles. The number of aromatic nitrogens is 2. The van der Waals surface area contributed by atoms with Gasteiger partial charge in [-0.15, -0.1) is 11.3 Å². The molecule has 0 saturated carbocycles. The van der Waals surface area contributed by atoms with Crippen LogP contribution in [0.3, 0.4) is 0 Å². The van der Waals surface area contributed by atoms with Gasteiger partial charge in [-0.1, -0.05) is 30.3 Å². The molecule has 6 heteroatoms. The fraction of sp³-hybridized carbons (Fsp3) is 0.400. The van der Waals surface area contributed by atoms with Crippen LogP contribution in [0.5, 0.6) is 0 Å². The maximum absolute atomic E-state index is 12.7. The zero-order valence-electron chi connectivity index (χ0n) is 15.2. The van der Waals surface area contributed by atoms with Crippen molar-refractivity contribution in [3.63, 3.8) is 0 Å². The lowest BCUT2D eigenvalue weighted by molar-refractivity contribution is 0.0930. The Bertz CT molecular complexity index is 915. The van der Waals surface area contributed by atoms with Gasteiger partial charge in [-0.2, -0.15) is 5.10 Å². The number of benzene rings is 1. The van der Waals surface area contributed by atoms with Gasteiger partial charge in [0.1, 0.15) is 4.83 Å². The van der Waals surface area contributed by atoms with E-state index in [1.807, 2.05) is 35.9 Å². The maximum atomic E-state index is 12.7. The molecule has 26 heavy (non-hydrogen) atoms. The number of carbonyl (C=O) groups excluding carboxylic acids is 1. The Morgan fingerprint density at radius 2 is 2.19 bits per heavy atom. The molecule has 3 heterocycles. The highest BCUT2D eigenvalue weighted by Crippen LogP contribution is 2.29. The number of carbonyl (C=O) groups is 1. The first-order valence-electron chi connectivity index (χ1n) is 9.15. The van der Waals surface area contributed by atoms with Gasteiger partial charge < -0.3 is 10.6 Å². The summed E-state index contributed by atoms with van der Waals surface area (Å²) in [6.07, 6.45) is 1.97. The average molecular weight is 369 g/mol. The minimum absolute atomic E-state index is 0.0379. The van der Waals surface area contributed by atoms with Crippen LogP contribution in [0, 0.1) is 6.92 Å². The van der Waals surface area contributed by atoms with Crippen molar-refractivity contribution in [2.24, 2.45) is 0 Å². The van der Waals surface area contributed by atoms with Gasteiger partial charge in [0, 0.05) is 17.5 Å². The Labute approximate surface area is 157 Å². The van der Waals surface area contributed by atoms with Crippen LogP contribution in [0.25, 0.3) is 10.2 Å². The fourth-order valence-electron chi connectivity index (χ4n) is 3.61. The second kappa shape index (κ2) is 7.21. The predicted octanol–water partition coefficient (Wildman–Crippen LogP) is 3.32. The molecule has 1 aliphatic rings. The average Bonchev–Trinajstić information content (AvgIpc) is 3.18. The van der Waals surface area contributed by atoms with Crippen molar-refractivity contribution in [1.29, 1.82) is 0 Å². The van der Waals surface area contributed by atoms with E-state index in [4.69, 9.17) is 0 Å². The lowest BCUT2D eigenvalue weighted by Crippen LogP contribution is -2.46. The van der Waals surface area contributed by atoms with Crippen LogP contribution in [0.4, 0.5) is 0 Å². The van der Waals surface area contributed by atoms with Crippen LogP contribution >= 0.6 is 11.3 Å². The van der Waals surface area contributed by atoms with Crippen LogP contribution in [0.1, 0.15) is 40.7 Å². The topological polar surface area (TPSA) is 59.0 Å². The highest BCUT2D eigenvalue weighted by atomic mass is 32.1. The summed E-state index contributed by atoms with van der Waals surface area (Å²) in [6.45, 7) is 5.86. The zero-order chi connectivity index (χ0) is 18.1. The molecule has 1 aromatic carbocycles. The highest BCUT2D eigenvalue weighted by Gasteiger charge is 2.22. The summed E-state index contributed by atoms with van der Waals surface area (Å²) in [5, 5.41) is 12.4. The normalized spacial score (nSPS) is 20.4. The zero-order valence-corrected chi connectivity index (χ0v) is 16.0. The Morgan fingerprint density at radius 3 is 2.96 bits per heavy atom. The molecule has 0 spiro atoms. The molecule has 4 rings (SSSR count). The van der Waals surface area contributed by atoms with Gasteiger partial charge in [0.25, 0.3) is 5.91 Å². The molecule has 1 amide bonds. The molecule has 2 N–H and O–H groups in total. The minimum Gasteiger partial charge on any atom is -0.349 e. The SMILES string of the molecule is Cc1nn(Cc2ccccc2)c2sc(C(=O)NC3CCNC(C)C3)cc12. The van der Waals surface area contributed by atoms with E-state index in [0.29, 0.717) is 6.04 Å². The summed E-state index contributed by atoms with van der Waals surface area (Å²) in [5.74, 6) is 0.0379. The summed E-state index contributed by atoms with van der Waals surface area (Å²) >= 11 is 1.53. The molecule has 0 radical (unpaired) electrons. The molecule has 0 aliphatic carbocycles. The first-order valence-corrected chi connectivity index (χ1v) is 9.97. The van der Waals surface area contributed by atoms with Crippen LogP contribution in [0.15, 0.2) is 36.4 Å². The van der Waals surface area contributed by atoms with E-state index in [1.54, 1.807) is 0 Å². The fourth-order valence-corrected chi connectivity index (χ4v) is 4.67. The summed E-state index contributed by atoms with van der Waals surface area (Å²) in [5.41, 5.74) is 2.18.